The lowest BCUT2D eigenvalue weighted by Gasteiger charge is -2.01. The SMILES string of the molecule is O=[SH](=O)OCCCCCCCCCCCCS. The molecule has 17 heavy (non-hydrogen) atoms. The summed E-state index contributed by atoms with van der Waals surface area (Å²) in [4.78, 5) is 0. The highest BCUT2D eigenvalue weighted by Gasteiger charge is 1.93. The average Bonchev–Trinajstić information content (AvgIpc) is 2.30. The molecule has 0 radical (unpaired) electrons. The summed E-state index contributed by atoms with van der Waals surface area (Å²) in [6.07, 6.45) is 12.2. The molecule has 0 spiro atoms. The summed E-state index contributed by atoms with van der Waals surface area (Å²) < 4.78 is 24.7. The van der Waals surface area contributed by atoms with Gasteiger partial charge in [-0.05, 0) is 18.6 Å². The van der Waals surface area contributed by atoms with Crippen molar-refractivity contribution in [3.8, 4) is 0 Å². The van der Waals surface area contributed by atoms with E-state index in [-0.39, 0.29) is 0 Å². The fourth-order valence-corrected chi connectivity index (χ4v) is 2.27. The normalized spacial score (nSPS) is 11.2. The Morgan fingerprint density at radius 2 is 1.12 bits per heavy atom. The molecule has 0 aromatic carbocycles. The first-order valence-corrected chi connectivity index (χ1v) is 8.38. The van der Waals surface area contributed by atoms with Crippen molar-refractivity contribution in [2.24, 2.45) is 0 Å². The van der Waals surface area contributed by atoms with Crippen LogP contribution in [0.25, 0.3) is 0 Å². The Bertz CT molecular complexity index is 210. The third-order valence-electron chi connectivity index (χ3n) is 2.75. The van der Waals surface area contributed by atoms with Gasteiger partial charge in [-0.3, -0.25) is 4.18 Å². The molecule has 104 valence electrons. The summed E-state index contributed by atoms with van der Waals surface area (Å²) in [6.45, 7) is 0.350. The van der Waals surface area contributed by atoms with Crippen molar-refractivity contribution < 1.29 is 12.6 Å². The van der Waals surface area contributed by atoms with Crippen molar-refractivity contribution in [2.45, 2.75) is 64.2 Å². The second-order valence-corrected chi connectivity index (χ2v) is 5.47. The summed E-state index contributed by atoms with van der Waals surface area (Å²) in [6, 6.07) is 0. The first-order chi connectivity index (χ1) is 8.27. The summed E-state index contributed by atoms with van der Waals surface area (Å²) >= 11 is 4.18. The van der Waals surface area contributed by atoms with Crippen LogP contribution in [-0.4, -0.2) is 20.8 Å². The van der Waals surface area contributed by atoms with Crippen LogP contribution in [0, 0.1) is 0 Å². The molecule has 0 aliphatic heterocycles. The number of thiol groups is 2. The Labute approximate surface area is 113 Å². The third kappa shape index (κ3) is 16.3. The van der Waals surface area contributed by atoms with Gasteiger partial charge in [-0.2, -0.15) is 12.6 Å². The number of hydrogen-bond acceptors (Lipinski definition) is 4. The number of rotatable bonds is 13. The smallest absolute Gasteiger partial charge is 0.257 e. The first kappa shape index (κ1) is 17.3. The van der Waals surface area contributed by atoms with Crippen LogP contribution in [0.2, 0.25) is 0 Å². The van der Waals surface area contributed by atoms with Gasteiger partial charge in [-0.25, -0.2) is 8.42 Å². The molecule has 0 aliphatic carbocycles. The van der Waals surface area contributed by atoms with E-state index in [9.17, 15) is 8.42 Å². The van der Waals surface area contributed by atoms with Crippen LogP contribution in [0.15, 0.2) is 0 Å². The van der Waals surface area contributed by atoms with E-state index in [4.69, 9.17) is 0 Å². The molecule has 0 fully saturated rings. The van der Waals surface area contributed by atoms with Crippen molar-refractivity contribution in [1.82, 2.24) is 0 Å². The molecule has 0 rings (SSSR count). The largest absolute Gasteiger partial charge is 0.272 e. The Hall–Kier alpha value is 0.260. The van der Waals surface area contributed by atoms with Crippen LogP contribution < -0.4 is 0 Å². The van der Waals surface area contributed by atoms with E-state index in [0.29, 0.717) is 6.61 Å². The Morgan fingerprint density at radius 3 is 1.53 bits per heavy atom. The van der Waals surface area contributed by atoms with Crippen LogP contribution in [0.4, 0.5) is 0 Å². The van der Waals surface area contributed by atoms with Crippen molar-refractivity contribution in [3.63, 3.8) is 0 Å². The quantitative estimate of drug-likeness (QED) is 0.402. The van der Waals surface area contributed by atoms with Gasteiger partial charge < -0.3 is 0 Å². The molecular weight excluding hydrogens is 256 g/mol. The second-order valence-electron chi connectivity index (χ2n) is 4.32. The van der Waals surface area contributed by atoms with E-state index in [0.717, 1.165) is 18.6 Å². The van der Waals surface area contributed by atoms with Crippen LogP contribution >= 0.6 is 12.6 Å². The van der Waals surface area contributed by atoms with Crippen molar-refractivity contribution >= 4 is 23.6 Å². The Balaban J connectivity index is 2.94. The molecule has 0 saturated heterocycles. The predicted octanol–water partition coefficient (Wildman–Crippen LogP) is 3.36. The highest BCUT2D eigenvalue weighted by Crippen LogP contribution is 2.10. The van der Waals surface area contributed by atoms with Crippen molar-refractivity contribution in [3.05, 3.63) is 0 Å². The lowest BCUT2D eigenvalue weighted by atomic mass is 10.1. The van der Waals surface area contributed by atoms with Crippen LogP contribution in [0.3, 0.4) is 0 Å². The topological polar surface area (TPSA) is 43.4 Å². The molecule has 0 N–H and O–H groups in total. The predicted molar refractivity (Wildman–Crippen MR) is 76.3 cm³/mol. The maximum atomic E-state index is 10.1. The molecule has 0 unspecified atom stereocenters. The molecule has 0 amide bonds. The van der Waals surface area contributed by atoms with Crippen LogP contribution in [-0.2, 0) is 15.2 Å². The van der Waals surface area contributed by atoms with Gasteiger partial charge >= 0.3 is 0 Å². The molecule has 0 bridgehead atoms. The van der Waals surface area contributed by atoms with Gasteiger partial charge in [-0.1, -0.05) is 51.4 Å². The van der Waals surface area contributed by atoms with Gasteiger partial charge in [0.05, 0.1) is 6.61 Å². The number of unbranched alkanes of at least 4 members (excludes halogenated alkanes) is 9. The zero-order valence-corrected chi connectivity index (χ0v) is 12.4. The minimum Gasteiger partial charge on any atom is -0.272 e. The van der Waals surface area contributed by atoms with Crippen LogP contribution in [0.1, 0.15) is 64.2 Å². The van der Waals surface area contributed by atoms with E-state index < -0.39 is 11.0 Å². The summed E-state index contributed by atoms with van der Waals surface area (Å²) in [7, 11) is -2.64. The van der Waals surface area contributed by atoms with E-state index in [1.807, 2.05) is 0 Å². The zero-order chi connectivity index (χ0) is 12.8. The second kappa shape index (κ2) is 14.3. The van der Waals surface area contributed by atoms with Gasteiger partial charge in [0.15, 0.2) is 0 Å². The molecule has 0 aromatic heterocycles. The van der Waals surface area contributed by atoms with E-state index in [1.165, 1.54) is 51.4 Å². The molecule has 3 nitrogen and oxygen atoms in total. The third-order valence-corrected chi connectivity index (χ3v) is 3.46. The Morgan fingerprint density at radius 1 is 0.706 bits per heavy atom. The van der Waals surface area contributed by atoms with Crippen molar-refractivity contribution in [2.75, 3.05) is 12.4 Å². The van der Waals surface area contributed by atoms with Gasteiger partial charge in [0.25, 0.3) is 11.0 Å². The fraction of sp³-hybridized carbons (Fsp3) is 1.00. The zero-order valence-electron chi connectivity index (χ0n) is 10.6. The molecule has 0 saturated carbocycles. The van der Waals surface area contributed by atoms with E-state index in [1.54, 1.807) is 0 Å². The molecule has 0 atom stereocenters. The Kier molecular flexibility index (Phi) is 14.5. The minimum atomic E-state index is -2.64. The highest BCUT2D eigenvalue weighted by molar-refractivity contribution is 7.80. The van der Waals surface area contributed by atoms with Gasteiger partial charge in [0.2, 0.25) is 0 Å². The molecule has 5 heteroatoms. The highest BCUT2D eigenvalue weighted by atomic mass is 32.2. The van der Waals surface area contributed by atoms with Crippen LogP contribution in [0.5, 0.6) is 0 Å². The lowest BCUT2D eigenvalue weighted by Crippen LogP contribution is -1.92. The minimum absolute atomic E-state index is 0.350. The summed E-state index contributed by atoms with van der Waals surface area (Å²) in [5.41, 5.74) is 0. The van der Waals surface area contributed by atoms with Crippen molar-refractivity contribution in [1.29, 1.82) is 0 Å². The first-order valence-electron chi connectivity index (χ1n) is 6.65. The van der Waals surface area contributed by atoms with Gasteiger partial charge in [-0.15, -0.1) is 0 Å². The monoisotopic (exact) mass is 282 g/mol. The lowest BCUT2D eigenvalue weighted by molar-refractivity contribution is 0.319. The van der Waals surface area contributed by atoms with Gasteiger partial charge in [0.1, 0.15) is 0 Å². The summed E-state index contributed by atoms with van der Waals surface area (Å²) in [5.74, 6) is 1.01. The molecule has 0 heterocycles. The van der Waals surface area contributed by atoms with Gasteiger partial charge in [0, 0.05) is 0 Å². The van der Waals surface area contributed by atoms with E-state index in [2.05, 4.69) is 16.8 Å². The number of hydrogen-bond donors (Lipinski definition) is 2. The fourth-order valence-electron chi connectivity index (χ4n) is 1.77. The maximum Gasteiger partial charge on any atom is 0.257 e. The standard InChI is InChI=1S/C12H26O3S2/c13-17(14)15-11-9-7-5-3-1-2-4-6-8-10-12-16/h16-17H,1-12H2. The van der Waals surface area contributed by atoms with E-state index >= 15 is 0 Å². The maximum absolute atomic E-state index is 10.1. The summed E-state index contributed by atoms with van der Waals surface area (Å²) in [5, 5.41) is 0. The molecule has 0 aromatic rings. The average molecular weight is 282 g/mol. The molecular formula is C12H26O3S2. The molecule has 0 aliphatic rings.